The van der Waals surface area contributed by atoms with Gasteiger partial charge in [0.25, 0.3) is 0 Å². The molecule has 18 heavy (non-hydrogen) atoms. The van der Waals surface area contributed by atoms with Crippen molar-refractivity contribution in [1.29, 1.82) is 0 Å². The Hall–Kier alpha value is -2.04. The number of hydrogen-bond donors (Lipinski definition) is 1. The molecule has 0 spiro atoms. The monoisotopic (exact) mass is 250 g/mol. The minimum absolute atomic E-state index is 0.237. The first-order chi connectivity index (χ1) is 8.54. The summed E-state index contributed by atoms with van der Waals surface area (Å²) in [5, 5.41) is 3.13. The molecule has 5 heteroatoms. The second kappa shape index (κ2) is 6.64. The number of rotatable bonds is 5. The molecular formula is C13H18N2O3. The van der Waals surface area contributed by atoms with E-state index < -0.39 is 0 Å². The van der Waals surface area contributed by atoms with Gasteiger partial charge >= 0.3 is 0 Å². The number of ether oxygens (including phenoxy) is 1. The van der Waals surface area contributed by atoms with E-state index in [2.05, 4.69) is 5.32 Å². The Bertz CT molecular complexity index is 401. The van der Waals surface area contributed by atoms with Crippen molar-refractivity contribution in [2.45, 2.75) is 13.8 Å². The first-order valence-corrected chi connectivity index (χ1v) is 5.71. The van der Waals surface area contributed by atoms with Crippen LogP contribution in [0.3, 0.4) is 0 Å². The highest BCUT2D eigenvalue weighted by molar-refractivity contribution is 5.92. The van der Waals surface area contributed by atoms with Crippen LogP contribution < -0.4 is 10.1 Å². The summed E-state index contributed by atoms with van der Waals surface area (Å²) in [4.78, 5) is 23.5. The van der Waals surface area contributed by atoms with Crippen LogP contribution in [0.1, 0.15) is 13.8 Å². The average Bonchev–Trinajstić information content (AvgIpc) is 2.34. The van der Waals surface area contributed by atoms with Crippen LogP contribution in [0.4, 0.5) is 5.69 Å². The summed E-state index contributed by atoms with van der Waals surface area (Å²) in [6.45, 7) is 3.64. The lowest BCUT2D eigenvalue weighted by Crippen LogP contribution is -2.36. The van der Waals surface area contributed by atoms with Crippen LogP contribution in [0.5, 0.6) is 5.75 Å². The average molecular weight is 250 g/mol. The minimum Gasteiger partial charge on any atom is -0.497 e. The fourth-order valence-electron chi connectivity index (χ4n) is 1.56. The van der Waals surface area contributed by atoms with Gasteiger partial charge in [0.05, 0.1) is 7.11 Å². The highest BCUT2D eigenvalue weighted by atomic mass is 16.5. The Morgan fingerprint density at radius 1 is 1.17 bits per heavy atom. The van der Waals surface area contributed by atoms with Crippen molar-refractivity contribution in [2.24, 2.45) is 0 Å². The van der Waals surface area contributed by atoms with Crippen molar-refractivity contribution >= 4 is 17.5 Å². The predicted octanol–water partition coefficient (Wildman–Crippen LogP) is 1.50. The molecule has 1 aromatic rings. The molecule has 0 saturated heterocycles. The maximum absolute atomic E-state index is 11.2. The summed E-state index contributed by atoms with van der Waals surface area (Å²) in [6.07, 6.45) is 0. The fourth-order valence-corrected chi connectivity index (χ4v) is 1.56. The molecule has 0 unspecified atom stereocenters. The number of methoxy groups -OCH3 is 1. The number of nitrogens with zero attached hydrogens (tertiary/aromatic N) is 1. The van der Waals surface area contributed by atoms with Crippen LogP contribution in [-0.2, 0) is 9.59 Å². The summed E-state index contributed by atoms with van der Waals surface area (Å²) in [6, 6.07) is 7.45. The number of nitrogens with one attached hydrogen (secondary N) is 1. The molecule has 5 nitrogen and oxygen atoms in total. The normalized spacial score (nSPS) is 9.72. The number of anilines is 1. The molecule has 0 saturated carbocycles. The van der Waals surface area contributed by atoms with Gasteiger partial charge in [-0.05, 0) is 24.3 Å². The molecule has 1 rings (SSSR count). The van der Waals surface area contributed by atoms with E-state index in [0.717, 1.165) is 11.4 Å². The molecule has 0 aromatic heterocycles. The van der Waals surface area contributed by atoms with E-state index in [1.165, 1.54) is 18.7 Å². The minimum atomic E-state index is -0.237. The van der Waals surface area contributed by atoms with Crippen molar-refractivity contribution in [3.05, 3.63) is 24.3 Å². The fraction of sp³-hybridized carbons (Fsp3) is 0.385. The van der Waals surface area contributed by atoms with E-state index in [4.69, 9.17) is 4.74 Å². The molecule has 2 amide bonds. The van der Waals surface area contributed by atoms with E-state index in [1.54, 1.807) is 7.11 Å². The molecule has 0 radical (unpaired) electrons. The van der Waals surface area contributed by atoms with E-state index >= 15 is 0 Å². The number of amides is 2. The van der Waals surface area contributed by atoms with E-state index in [1.807, 2.05) is 24.3 Å². The van der Waals surface area contributed by atoms with Crippen LogP contribution >= 0.6 is 0 Å². The largest absolute Gasteiger partial charge is 0.497 e. The van der Waals surface area contributed by atoms with Gasteiger partial charge in [-0.1, -0.05) is 0 Å². The molecule has 1 N–H and O–H groups in total. The van der Waals surface area contributed by atoms with Crippen LogP contribution in [0, 0.1) is 0 Å². The molecule has 0 aliphatic carbocycles. The standard InChI is InChI=1S/C13H18N2O3/c1-10(16)15(11(2)17)9-8-14-12-4-6-13(18-3)7-5-12/h4-7,14H,8-9H2,1-3H3. The second-order valence-corrected chi connectivity index (χ2v) is 3.84. The topological polar surface area (TPSA) is 58.6 Å². The quantitative estimate of drug-likeness (QED) is 0.860. The van der Waals surface area contributed by atoms with Crippen molar-refractivity contribution in [3.8, 4) is 5.75 Å². The zero-order valence-corrected chi connectivity index (χ0v) is 10.9. The van der Waals surface area contributed by atoms with Gasteiger partial charge in [-0.3, -0.25) is 14.5 Å². The van der Waals surface area contributed by atoms with Crippen LogP contribution in [-0.4, -0.2) is 36.9 Å². The summed E-state index contributed by atoms with van der Waals surface area (Å²) in [5.74, 6) is 0.313. The Balaban J connectivity index is 2.45. The Kier molecular flexibility index (Phi) is 5.17. The molecule has 1 aromatic carbocycles. The van der Waals surface area contributed by atoms with Gasteiger partial charge in [0.15, 0.2) is 0 Å². The van der Waals surface area contributed by atoms with Crippen molar-refractivity contribution in [3.63, 3.8) is 0 Å². The van der Waals surface area contributed by atoms with Gasteiger partial charge in [-0.25, -0.2) is 0 Å². The van der Waals surface area contributed by atoms with Crippen molar-refractivity contribution < 1.29 is 14.3 Å². The lowest BCUT2D eigenvalue weighted by molar-refractivity contribution is -0.141. The molecule has 0 aliphatic rings. The molecule has 0 atom stereocenters. The van der Waals surface area contributed by atoms with Crippen molar-refractivity contribution in [1.82, 2.24) is 4.90 Å². The summed E-state index contributed by atoms with van der Waals surface area (Å²) >= 11 is 0. The third-order valence-electron chi connectivity index (χ3n) is 2.51. The van der Waals surface area contributed by atoms with Crippen LogP contribution in [0.15, 0.2) is 24.3 Å². The van der Waals surface area contributed by atoms with E-state index in [0.29, 0.717) is 13.1 Å². The maximum atomic E-state index is 11.2. The number of carbonyl (C=O) groups excluding carboxylic acids is 2. The smallest absolute Gasteiger partial charge is 0.226 e. The summed E-state index contributed by atoms with van der Waals surface area (Å²) in [7, 11) is 1.61. The Morgan fingerprint density at radius 2 is 1.72 bits per heavy atom. The SMILES string of the molecule is COc1ccc(NCCN(C(C)=O)C(C)=O)cc1. The first kappa shape index (κ1) is 14.0. The van der Waals surface area contributed by atoms with Crippen LogP contribution in [0.2, 0.25) is 0 Å². The third kappa shape index (κ3) is 4.08. The van der Waals surface area contributed by atoms with Crippen LogP contribution in [0.25, 0.3) is 0 Å². The van der Waals surface area contributed by atoms with E-state index in [-0.39, 0.29) is 11.8 Å². The van der Waals surface area contributed by atoms with Gasteiger partial charge in [0.2, 0.25) is 11.8 Å². The van der Waals surface area contributed by atoms with Gasteiger partial charge in [-0.15, -0.1) is 0 Å². The second-order valence-electron chi connectivity index (χ2n) is 3.84. The predicted molar refractivity (Wildman–Crippen MR) is 69.6 cm³/mol. The summed E-state index contributed by atoms with van der Waals surface area (Å²) in [5.41, 5.74) is 0.919. The van der Waals surface area contributed by atoms with Gasteiger partial charge < -0.3 is 10.1 Å². The maximum Gasteiger partial charge on any atom is 0.226 e. The molecule has 98 valence electrons. The third-order valence-corrected chi connectivity index (χ3v) is 2.51. The molecule has 0 bridgehead atoms. The van der Waals surface area contributed by atoms with Gasteiger partial charge in [0, 0.05) is 32.6 Å². The number of carbonyl (C=O) groups is 2. The lowest BCUT2D eigenvalue weighted by Gasteiger charge is -2.17. The van der Waals surface area contributed by atoms with Gasteiger partial charge in [-0.2, -0.15) is 0 Å². The highest BCUT2D eigenvalue weighted by Gasteiger charge is 2.12. The van der Waals surface area contributed by atoms with E-state index in [9.17, 15) is 9.59 Å². The summed E-state index contributed by atoms with van der Waals surface area (Å²) < 4.78 is 5.05. The Morgan fingerprint density at radius 3 is 2.17 bits per heavy atom. The molecule has 0 heterocycles. The Labute approximate surface area is 107 Å². The zero-order chi connectivity index (χ0) is 13.5. The number of hydrogen-bond acceptors (Lipinski definition) is 4. The first-order valence-electron chi connectivity index (χ1n) is 5.71. The molecular weight excluding hydrogens is 232 g/mol. The van der Waals surface area contributed by atoms with Gasteiger partial charge in [0.1, 0.15) is 5.75 Å². The highest BCUT2D eigenvalue weighted by Crippen LogP contribution is 2.14. The number of imide groups is 1. The molecule has 0 aliphatic heterocycles. The molecule has 0 fully saturated rings. The van der Waals surface area contributed by atoms with Crippen molar-refractivity contribution in [2.75, 3.05) is 25.5 Å². The number of benzene rings is 1. The lowest BCUT2D eigenvalue weighted by atomic mass is 10.3. The zero-order valence-electron chi connectivity index (χ0n) is 10.9.